The Morgan fingerprint density at radius 2 is 2.00 bits per heavy atom. The highest BCUT2D eigenvalue weighted by molar-refractivity contribution is 5.85. The summed E-state index contributed by atoms with van der Waals surface area (Å²) in [4.78, 5) is 2.51. The SMILES string of the molecule is CCCC[C@@H](c1cc(F)ccc1C)N1CCNCC1.Cl. The molecule has 1 atom stereocenters. The lowest BCUT2D eigenvalue weighted by molar-refractivity contribution is 0.162. The third kappa shape index (κ3) is 4.44. The number of piperazine rings is 1. The van der Waals surface area contributed by atoms with Gasteiger partial charge < -0.3 is 5.32 Å². The molecule has 1 aliphatic rings. The highest BCUT2D eigenvalue weighted by Crippen LogP contribution is 2.29. The second-order valence-electron chi connectivity index (χ2n) is 5.44. The Morgan fingerprint density at radius 3 is 2.65 bits per heavy atom. The monoisotopic (exact) mass is 300 g/mol. The summed E-state index contributed by atoms with van der Waals surface area (Å²) >= 11 is 0. The van der Waals surface area contributed by atoms with E-state index >= 15 is 0 Å². The van der Waals surface area contributed by atoms with Crippen LogP contribution in [0.2, 0.25) is 0 Å². The van der Waals surface area contributed by atoms with Crippen molar-refractivity contribution in [3.8, 4) is 0 Å². The van der Waals surface area contributed by atoms with Gasteiger partial charge in [-0.1, -0.05) is 25.8 Å². The van der Waals surface area contributed by atoms with Gasteiger partial charge in [-0.05, 0) is 36.6 Å². The number of halogens is 2. The molecule has 20 heavy (non-hydrogen) atoms. The first kappa shape index (κ1) is 17.4. The summed E-state index contributed by atoms with van der Waals surface area (Å²) in [6, 6.07) is 5.58. The maximum absolute atomic E-state index is 13.6. The van der Waals surface area contributed by atoms with Gasteiger partial charge in [-0.15, -0.1) is 12.4 Å². The molecule has 4 heteroatoms. The summed E-state index contributed by atoms with van der Waals surface area (Å²) in [5, 5.41) is 3.39. The van der Waals surface area contributed by atoms with Crippen molar-refractivity contribution in [2.75, 3.05) is 26.2 Å². The Hall–Kier alpha value is -0.640. The number of unbranched alkanes of at least 4 members (excludes halogenated alkanes) is 1. The highest BCUT2D eigenvalue weighted by atomic mass is 35.5. The Morgan fingerprint density at radius 1 is 1.30 bits per heavy atom. The molecule has 1 saturated heterocycles. The average Bonchev–Trinajstić information content (AvgIpc) is 2.44. The van der Waals surface area contributed by atoms with E-state index in [0.29, 0.717) is 6.04 Å². The van der Waals surface area contributed by atoms with Crippen molar-refractivity contribution < 1.29 is 4.39 Å². The number of rotatable bonds is 5. The largest absolute Gasteiger partial charge is 0.314 e. The molecule has 0 spiro atoms. The minimum Gasteiger partial charge on any atom is -0.314 e. The molecule has 2 rings (SSSR count). The predicted octanol–water partition coefficient (Wildman–Crippen LogP) is 3.69. The van der Waals surface area contributed by atoms with Crippen LogP contribution in [0.3, 0.4) is 0 Å². The molecule has 2 nitrogen and oxygen atoms in total. The number of aryl methyl sites for hydroxylation is 1. The first-order chi connectivity index (χ1) is 9.22. The molecule has 0 aliphatic carbocycles. The first-order valence-corrected chi connectivity index (χ1v) is 7.43. The summed E-state index contributed by atoms with van der Waals surface area (Å²) in [7, 11) is 0. The Bertz CT molecular complexity index is 405. The Labute approximate surface area is 128 Å². The van der Waals surface area contributed by atoms with Crippen molar-refractivity contribution in [1.29, 1.82) is 0 Å². The van der Waals surface area contributed by atoms with Crippen LogP contribution >= 0.6 is 12.4 Å². The van der Waals surface area contributed by atoms with E-state index in [-0.39, 0.29) is 18.2 Å². The van der Waals surface area contributed by atoms with Crippen LogP contribution in [0, 0.1) is 12.7 Å². The van der Waals surface area contributed by atoms with E-state index in [1.54, 1.807) is 12.1 Å². The number of hydrogen-bond donors (Lipinski definition) is 1. The van der Waals surface area contributed by atoms with Crippen LogP contribution in [0.15, 0.2) is 18.2 Å². The van der Waals surface area contributed by atoms with Gasteiger partial charge in [0.15, 0.2) is 0 Å². The molecule has 0 amide bonds. The highest BCUT2D eigenvalue weighted by Gasteiger charge is 2.23. The molecule has 114 valence electrons. The maximum atomic E-state index is 13.6. The van der Waals surface area contributed by atoms with Crippen molar-refractivity contribution in [3.05, 3.63) is 35.1 Å². The quantitative estimate of drug-likeness (QED) is 0.892. The molecule has 0 saturated carbocycles. The maximum Gasteiger partial charge on any atom is 0.123 e. The van der Waals surface area contributed by atoms with Crippen LogP contribution in [0.5, 0.6) is 0 Å². The van der Waals surface area contributed by atoms with Gasteiger partial charge in [0.2, 0.25) is 0 Å². The molecule has 1 aromatic carbocycles. The standard InChI is InChI=1S/C16H25FN2.ClH/c1-3-4-5-16(19-10-8-18-9-11-19)15-12-14(17)7-6-13(15)2;/h6-7,12,16,18H,3-5,8-11H2,1-2H3;1H/t16-;/m0./s1. The molecule has 1 aliphatic heterocycles. The van der Waals surface area contributed by atoms with Crippen molar-refractivity contribution in [3.63, 3.8) is 0 Å². The van der Waals surface area contributed by atoms with E-state index in [1.165, 1.54) is 24.0 Å². The van der Waals surface area contributed by atoms with Crippen molar-refractivity contribution in [1.82, 2.24) is 10.2 Å². The van der Waals surface area contributed by atoms with Crippen LogP contribution in [-0.2, 0) is 0 Å². The molecule has 1 aromatic rings. The minimum absolute atomic E-state index is 0. The molecule has 0 unspecified atom stereocenters. The molecule has 1 N–H and O–H groups in total. The van der Waals surface area contributed by atoms with Crippen molar-refractivity contribution >= 4 is 12.4 Å². The van der Waals surface area contributed by atoms with Crippen LogP contribution in [0.1, 0.15) is 43.4 Å². The molecule has 1 fully saturated rings. The summed E-state index contributed by atoms with van der Waals surface area (Å²) < 4.78 is 13.6. The molecule has 0 bridgehead atoms. The third-order valence-electron chi connectivity index (χ3n) is 4.02. The van der Waals surface area contributed by atoms with E-state index in [4.69, 9.17) is 0 Å². The topological polar surface area (TPSA) is 15.3 Å². The van der Waals surface area contributed by atoms with Crippen LogP contribution in [-0.4, -0.2) is 31.1 Å². The van der Waals surface area contributed by atoms with Gasteiger partial charge in [-0.3, -0.25) is 4.90 Å². The molecule has 1 heterocycles. The summed E-state index contributed by atoms with van der Waals surface area (Å²) in [6.45, 7) is 8.51. The van der Waals surface area contributed by atoms with Gasteiger partial charge in [0, 0.05) is 32.2 Å². The lowest BCUT2D eigenvalue weighted by Crippen LogP contribution is -2.45. The van der Waals surface area contributed by atoms with Crippen LogP contribution < -0.4 is 5.32 Å². The average molecular weight is 301 g/mol. The second-order valence-corrected chi connectivity index (χ2v) is 5.44. The normalized spacial score (nSPS) is 17.6. The minimum atomic E-state index is -0.114. The molecule has 0 radical (unpaired) electrons. The number of nitrogens with zero attached hydrogens (tertiary/aromatic N) is 1. The van der Waals surface area contributed by atoms with E-state index in [1.807, 2.05) is 6.07 Å². The van der Waals surface area contributed by atoms with Crippen molar-refractivity contribution in [2.24, 2.45) is 0 Å². The van der Waals surface area contributed by atoms with Gasteiger partial charge in [0.05, 0.1) is 0 Å². The molecular weight excluding hydrogens is 275 g/mol. The van der Waals surface area contributed by atoms with Crippen LogP contribution in [0.25, 0.3) is 0 Å². The number of hydrogen-bond acceptors (Lipinski definition) is 2. The zero-order valence-corrected chi connectivity index (χ0v) is 13.3. The third-order valence-corrected chi connectivity index (χ3v) is 4.02. The molecular formula is C16H26ClFN2. The summed E-state index contributed by atoms with van der Waals surface area (Å²) in [5.74, 6) is -0.114. The number of benzene rings is 1. The van der Waals surface area contributed by atoms with Gasteiger partial charge in [-0.25, -0.2) is 4.39 Å². The lowest BCUT2D eigenvalue weighted by atomic mass is 9.95. The van der Waals surface area contributed by atoms with Gasteiger partial charge in [0.25, 0.3) is 0 Å². The molecule has 0 aromatic heterocycles. The Kier molecular flexibility index (Phi) is 7.49. The van der Waals surface area contributed by atoms with Gasteiger partial charge in [-0.2, -0.15) is 0 Å². The summed E-state index contributed by atoms with van der Waals surface area (Å²) in [6.07, 6.45) is 3.52. The van der Waals surface area contributed by atoms with E-state index in [2.05, 4.69) is 24.1 Å². The fraction of sp³-hybridized carbons (Fsp3) is 0.625. The fourth-order valence-corrected chi connectivity index (χ4v) is 2.90. The van der Waals surface area contributed by atoms with Gasteiger partial charge >= 0.3 is 0 Å². The first-order valence-electron chi connectivity index (χ1n) is 7.43. The lowest BCUT2D eigenvalue weighted by Gasteiger charge is -2.36. The Balaban J connectivity index is 0.00000200. The van der Waals surface area contributed by atoms with Gasteiger partial charge in [0.1, 0.15) is 5.82 Å². The number of nitrogens with one attached hydrogen (secondary N) is 1. The second kappa shape index (κ2) is 8.60. The van der Waals surface area contributed by atoms with E-state index in [0.717, 1.165) is 32.6 Å². The summed E-state index contributed by atoms with van der Waals surface area (Å²) in [5.41, 5.74) is 2.39. The predicted molar refractivity (Wildman–Crippen MR) is 85.1 cm³/mol. The van der Waals surface area contributed by atoms with Crippen molar-refractivity contribution in [2.45, 2.75) is 39.2 Å². The zero-order valence-electron chi connectivity index (χ0n) is 12.5. The van der Waals surface area contributed by atoms with E-state index in [9.17, 15) is 4.39 Å². The zero-order chi connectivity index (χ0) is 13.7. The fourth-order valence-electron chi connectivity index (χ4n) is 2.90. The van der Waals surface area contributed by atoms with Crippen LogP contribution in [0.4, 0.5) is 4.39 Å². The smallest absolute Gasteiger partial charge is 0.123 e. The van der Waals surface area contributed by atoms with E-state index < -0.39 is 0 Å².